The molecule has 0 amide bonds. The van der Waals surface area contributed by atoms with E-state index in [-0.39, 0.29) is 12.0 Å². The smallest absolute Gasteiger partial charge is 0.338 e. The highest BCUT2D eigenvalue weighted by atomic mass is 16.5. The van der Waals surface area contributed by atoms with Crippen LogP contribution in [-0.2, 0) is 4.74 Å². The van der Waals surface area contributed by atoms with E-state index in [9.17, 15) is 4.79 Å². The summed E-state index contributed by atoms with van der Waals surface area (Å²) in [6.45, 7) is 1.97. The van der Waals surface area contributed by atoms with Gasteiger partial charge in [-0.25, -0.2) is 4.79 Å². The monoisotopic (exact) mass is 379 g/mol. The number of allylic oxidation sites excluding steroid dienone is 2. The zero-order valence-electron chi connectivity index (χ0n) is 16.6. The van der Waals surface area contributed by atoms with Crippen molar-refractivity contribution in [3.05, 3.63) is 64.7 Å². The van der Waals surface area contributed by atoms with Gasteiger partial charge in [-0.3, -0.25) is 0 Å². The topological polar surface area (TPSA) is 56.8 Å². The first kappa shape index (κ1) is 18.4. The van der Waals surface area contributed by atoms with Gasteiger partial charge in [-0.1, -0.05) is 30.4 Å². The molecule has 0 radical (unpaired) electrons. The molecule has 0 saturated heterocycles. The van der Waals surface area contributed by atoms with E-state index >= 15 is 0 Å². The van der Waals surface area contributed by atoms with E-state index < -0.39 is 0 Å². The van der Waals surface area contributed by atoms with E-state index in [0.717, 1.165) is 34.7 Å². The summed E-state index contributed by atoms with van der Waals surface area (Å²) in [5.74, 6) is 1.81. The molecular weight excluding hydrogens is 354 g/mol. The molecule has 3 atom stereocenters. The molecule has 0 aromatic heterocycles. The van der Waals surface area contributed by atoms with Crippen molar-refractivity contribution in [3.8, 4) is 11.5 Å². The lowest BCUT2D eigenvalue weighted by molar-refractivity contribution is 0.0600. The quantitative estimate of drug-likeness (QED) is 0.620. The Labute approximate surface area is 165 Å². The Morgan fingerprint density at radius 3 is 2.61 bits per heavy atom. The van der Waals surface area contributed by atoms with Crippen LogP contribution < -0.4 is 14.8 Å². The molecule has 1 aliphatic carbocycles. The number of methoxy groups -OCH3 is 3. The maximum Gasteiger partial charge on any atom is 0.338 e. The van der Waals surface area contributed by atoms with Crippen molar-refractivity contribution < 1.29 is 19.0 Å². The SMILES string of the molecule is COC(=O)c1ccc2c(c1C)N[C@H](c1cccc(OC)c1OC)[C@@H]1CC=C[C@@H]21. The Morgan fingerprint density at radius 1 is 1.07 bits per heavy atom. The predicted molar refractivity (Wildman–Crippen MR) is 108 cm³/mol. The Bertz CT molecular complexity index is 950. The number of esters is 1. The molecule has 2 aromatic rings. The molecule has 146 valence electrons. The second-order valence-corrected chi connectivity index (χ2v) is 7.25. The first-order chi connectivity index (χ1) is 13.6. The number of ether oxygens (including phenoxy) is 3. The number of carbonyl (C=O) groups is 1. The van der Waals surface area contributed by atoms with Crippen LogP contribution in [0.25, 0.3) is 0 Å². The highest BCUT2D eigenvalue weighted by Gasteiger charge is 2.40. The third-order valence-corrected chi connectivity index (χ3v) is 5.97. The maximum atomic E-state index is 12.2. The van der Waals surface area contributed by atoms with Gasteiger partial charge in [0.15, 0.2) is 11.5 Å². The highest BCUT2D eigenvalue weighted by Crippen LogP contribution is 2.53. The number of anilines is 1. The number of para-hydroxylation sites is 1. The lowest BCUT2D eigenvalue weighted by Crippen LogP contribution is -2.30. The first-order valence-corrected chi connectivity index (χ1v) is 9.46. The summed E-state index contributed by atoms with van der Waals surface area (Å²) >= 11 is 0. The fourth-order valence-electron chi connectivity index (χ4n) is 4.61. The number of hydrogen-bond acceptors (Lipinski definition) is 5. The van der Waals surface area contributed by atoms with Gasteiger partial charge in [0.25, 0.3) is 0 Å². The minimum atomic E-state index is -0.318. The van der Waals surface area contributed by atoms with E-state index in [0.29, 0.717) is 17.4 Å². The van der Waals surface area contributed by atoms with Crippen molar-refractivity contribution in [1.29, 1.82) is 0 Å². The average Bonchev–Trinajstić information content (AvgIpc) is 3.22. The van der Waals surface area contributed by atoms with Crippen LogP contribution in [0.4, 0.5) is 5.69 Å². The molecule has 4 rings (SSSR count). The molecule has 2 aromatic carbocycles. The third-order valence-electron chi connectivity index (χ3n) is 5.97. The molecule has 1 N–H and O–H groups in total. The molecule has 2 aliphatic rings. The first-order valence-electron chi connectivity index (χ1n) is 9.46. The number of benzene rings is 2. The Balaban J connectivity index is 1.85. The lowest BCUT2D eigenvalue weighted by Gasteiger charge is -2.39. The minimum Gasteiger partial charge on any atom is -0.493 e. The van der Waals surface area contributed by atoms with E-state index in [1.165, 1.54) is 12.7 Å². The van der Waals surface area contributed by atoms with Crippen molar-refractivity contribution in [2.45, 2.75) is 25.3 Å². The average molecular weight is 379 g/mol. The van der Waals surface area contributed by atoms with Crippen LogP contribution in [-0.4, -0.2) is 27.3 Å². The lowest BCUT2D eigenvalue weighted by atomic mass is 9.75. The standard InChI is InChI=1S/C23H25NO4/c1-13-14(23(25)28-4)11-12-17-15-7-5-8-16(15)21(24-20(13)17)18-9-6-10-19(26-2)22(18)27-3/h5-7,9-12,15-16,21,24H,8H2,1-4H3/t15-,16-,21+/m1/s1. The summed E-state index contributed by atoms with van der Waals surface area (Å²) in [5.41, 5.74) is 4.79. The summed E-state index contributed by atoms with van der Waals surface area (Å²) in [4.78, 5) is 12.2. The summed E-state index contributed by atoms with van der Waals surface area (Å²) in [5, 5.41) is 3.72. The predicted octanol–water partition coefficient (Wildman–Crippen LogP) is 4.63. The Kier molecular flexibility index (Phi) is 4.75. The number of nitrogens with one attached hydrogen (secondary N) is 1. The molecule has 1 heterocycles. The van der Waals surface area contributed by atoms with Crippen LogP contribution >= 0.6 is 0 Å². The van der Waals surface area contributed by atoms with Crippen molar-refractivity contribution in [1.82, 2.24) is 0 Å². The summed E-state index contributed by atoms with van der Waals surface area (Å²) < 4.78 is 16.2. The maximum absolute atomic E-state index is 12.2. The molecule has 0 fully saturated rings. The van der Waals surface area contributed by atoms with Gasteiger partial charge in [-0.2, -0.15) is 0 Å². The summed E-state index contributed by atoms with van der Waals surface area (Å²) in [6.07, 6.45) is 5.51. The second kappa shape index (κ2) is 7.23. The third kappa shape index (κ3) is 2.73. The van der Waals surface area contributed by atoms with Crippen LogP contribution in [0.15, 0.2) is 42.5 Å². The number of fused-ring (bicyclic) bond motifs is 3. The number of carbonyl (C=O) groups excluding carboxylic acids is 1. The van der Waals surface area contributed by atoms with Crippen LogP contribution in [0, 0.1) is 12.8 Å². The Hall–Kier alpha value is -2.95. The molecule has 5 heteroatoms. The normalized spacial score (nSPS) is 22.1. The highest BCUT2D eigenvalue weighted by molar-refractivity contribution is 5.93. The van der Waals surface area contributed by atoms with Gasteiger partial charge in [0.05, 0.1) is 32.9 Å². The van der Waals surface area contributed by atoms with E-state index in [4.69, 9.17) is 14.2 Å². The molecule has 0 spiro atoms. The Morgan fingerprint density at radius 2 is 1.89 bits per heavy atom. The molecule has 0 saturated carbocycles. The summed E-state index contributed by atoms with van der Waals surface area (Å²) in [7, 11) is 4.73. The zero-order chi connectivity index (χ0) is 19.8. The number of rotatable bonds is 4. The number of hydrogen-bond donors (Lipinski definition) is 1. The fraction of sp³-hybridized carbons (Fsp3) is 0.348. The zero-order valence-corrected chi connectivity index (χ0v) is 16.6. The van der Waals surface area contributed by atoms with Crippen LogP contribution in [0.5, 0.6) is 11.5 Å². The van der Waals surface area contributed by atoms with Gasteiger partial charge in [0.2, 0.25) is 0 Å². The molecular formula is C23H25NO4. The molecule has 28 heavy (non-hydrogen) atoms. The van der Waals surface area contributed by atoms with E-state index in [2.05, 4.69) is 23.5 Å². The van der Waals surface area contributed by atoms with Crippen LogP contribution in [0.2, 0.25) is 0 Å². The van der Waals surface area contributed by atoms with Gasteiger partial charge in [0, 0.05) is 17.2 Å². The van der Waals surface area contributed by atoms with Gasteiger partial charge in [-0.05, 0) is 42.5 Å². The fourth-order valence-corrected chi connectivity index (χ4v) is 4.61. The van der Waals surface area contributed by atoms with Crippen LogP contribution in [0.1, 0.15) is 45.4 Å². The molecule has 1 aliphatic heterocycles. The largest absolute Gasteiger partial charge is 0.493 e. The van der Waals surface area contributed by atoms with Gasteiger partial charge < -0.3 is 19.5 Å². The molecule has 5 nitrogen and oxygen atoms in total. The van der Waals surface area contributed by atoms with Crippen molar-refractivity contribution in [2.75, 3.05) is 26.6 Å². The van der Waals surface area contributed by atoms with Crippen molar-refractivity contribution in [2.24, 2.45) is 5.92 Å². The van der Waals surface area contributed by atoms with E-state index in [1.54, 1.807) is 14.2 Å². The van der Waals surface area contributed by atoms with Gasteiger partial charge >= 0.3 is 5.97 Å². The van der Waals surface area contributed by atoms with Crippen molar-refractivity contribution in [3.63, 3.8) is 0 Å². The van der Waals surface area contributed by atoms with Crippen LogP contribution in [0.3, 0.4) is 0 Å². The van der Waals surface area contributed by atoms with Crippen molar-refractivity contribution >= 4 is 11.7 Å². The van der Waals surface area contributed by atoms with E-state index in [1.807, 2.05) is 31.2 Å². The summed E-state index contributed by atoms with van der Waals surface area (Å²) in [6, 6.07) is 9.95. The second-order valence-electron chi connectivity index (χ2n) is 7.25. The minimum absolute atomic E-state index is 0.0455. The molecule has 0 unspecified atom stereocenters. The molecule has 0 bridgehead atoms. The van der Waals surface area contributed by atoms with Gasteiger partial charge in [0.1, 0.15) is 0 Å². The van der Waals surface area contributed by atoms with Gasteiger partial charge in [-0.15, -0.1) is 0 Å².